The fraction of sp³-hybridized carbons (Fsp3) is 0.273. The van der Waals surface area contributed by atoms with Gasteiger partial charge in [-0.1, -0.05) is 36.4 Å². The Bertz CT molecular complexity index is 1530. The molecule has 4 rings (SSSR count). The first kappa shape index (κ1) is 29.3. The molecule has 2 amide bonds. The van der Waals surface area contributed by atoms with Crippen molar-refractivity contribution in [2.45, 2.75) is 33.1 Å². The van der Waals surface area contributed by atoms with Gasteiger partial charge in [0.05, 0.1) is 18.4 Å². The van der Waals surface area contributed by atoms with E-state index in [1.165, 1.54) is 18.9 Å². The van der Waals surface area contributed by atoms with E-state index in [0.29, 0.717) is 35.4 Å². The molecule has 0 saturated carbocycles. The Morgan fingerprint density at radius 2 is 1.66 bits per heavy atom. The lowest BCUT2D eigenvalue weighted by molar-refractivity contribution is -0.131. The Hall–Kier alpha value is -4.72. The number of nitrogens with one attached hydrogen (secondary N) is 1. The fourth-order valence-corrected chi connectivity index (χ4v) is 5.03. The number of Topliss-reactive ketones (excluding diaryl/α,β-unsaturated/α-hetero) is 1. The quantitative estimate of drug-likeness (QED) is 0.225. The van der Waals surface area contributed by atoms with Crippen LogP contribution in [0.4, 0.5) is 11.4 Å². The Kier molecular flexibility index (Phi) is 9.02. The molecule has 3 aromatic rings. The summed E-state index contributed by atoms with van der Waals surface area (Å²) in [5.74, 6) is -0.719. The molecule has 8 heteroatoms. The summed E-state index contributed by atoms with van der Waals surface area (Å²) in [7, 11) is 4.70. The number of carbonyl (C=O) groups excluding carboxylic acids is 4. The minimum atomic E-state index is -0.440. The van der Waals surface area contributed by atoms with Crippen LogP contribution in [0.15, 0.2) is 66.7 Å². The topological polar surface area (TPSA) is 96.0 Å². The van der Waals surface area contributed by atoms with Crippen LogP contribution in [-0.4, -0.2) is 56.2 Å². The smallest absolute Gasteiger partial charge is 0.337 e. The summed E-state index contributed by atoms with van der Waals surface area (Å²) in [5, 5.41) is 3.49. The van der Waals surface area contributed by atoms with Gasteiger partial charge >= 0.3 is 5.97 Å². The second-order valence-corrected chi connectivity index (χ2v) is 10.2. The lowest BCUT2D eigenvalue weighted by Crippen LogP contribution is -2.30. The van der Waals surface area contributed by atoms with Crippen molar-refractivity contribution in [1.82, 2.24) is 4.90 Å². The molecule has 0 bridgehead atoms. The molecule has 212 valence electrons. The van der Waals surface area contributed by atoms with Crippen LogP contribution in [-0.2, 0) is 25.5 Å². The Labute approximate surface area is 240 Å². The van der Waals surface area contributed by atoms with E-state index >= 15 is 0 Å². The number of methoxy groups -OCH3 is 1. The standard InChI is InChI=1S/C33H35N3O5/c1-21-19-25(33(40)41-5)11-13-27(21)31(22(2)37)32(23-9-7-6-8-10-23)34-26-12-14-28-24(20-26)17-18-36(28)30(39)16-15-29(38)35(3)4/h6-14,19-20,34H,15-18H2,1-5H3/b32-31+. The molecular formula is C33H35N3O5. The number of benzene rings is 3. The molecule has 0 unspecified atom stereocenters. The van der Waals surface area contributed by atoms with E-state index in [2.05, 4.69) is 5.32 Å². The largest absolute Gasteiger partial charge is 0.465 e. The highest BCUT2D eigenvalue weighted by molar-refractivity contribution is 6.28. The maximum Gasteiger partial charge on any atom is 0.337 e. The molecule has 0 fully saturated rings. The highest BCUT2D eigenvalue weighted by Gasteiger charge is 2.26. The van der Waals surface area contributed by atoms with Gasteiger partial charge in [0.25, 0.3) is 0 Å². The molecule has 0 aromatic heterocycles. The highest BCUT2D eigenvalue weighted by atomic mass is 16.5. The van der Waals surface area contributed by atoms with Crippen LogP contribution >= 0.6 is 0 Å². The number of carbonyl (C=O) groups is 4. The SMILES string of the molecule is COC(=O)c1ccc(/C(C(C)=O)=C(/Nc2ccc3c(c2)CCN3C(=O)CCC(=O)N(C)C)c2ccccc2)c(C)c1. The molecule has 3 aromatic carbocycles. The molecule has 1 aliphatic heterocycles. The molecule has 0 radical (unpaired) electrons. The van der Waals surface area contributed by atoms with Crippen LogP contribution in [0.3, 0.4) is 0 Å². The number of ether oxygens (including phenoxy) is 1. The van der Waals surface area contributed by atoms with Gasteiger partial charge in [-0.05, 0) is 72.9 Å². The third kappa shape index (κ3) is 6.54. The Morgan fingerprint density at radius 1 is 0.927 bits per heavy atom. The van der Waals surface area contributed by atoms with E-state index in [-0.39, 0.29) is 30.4 Å². The first-order valence-electron chi connectivity index (χ1n) is 13.5. The van der Waals surface area contributed by atoms with Gasteiger partial charge in [-0.25, -0.2) is 4.79 Å². The van der Waals surface area contributed by atoms with Gasteiger partial charge in [0, 0.05) is 50.4 Å². The van der Waals surface area contributed by atoms with Crippen molar-refractivity contribution < 1.29 is 23.9 Å². The molecule has 0 aliphatic carbocycles. The average Bonchev–Trinajstić information content (AvgIpc) is 3.39. The normalized spacial score (nSPS) is 12.8. The van der Waals surface area contributed by atoms with Crippen molar-refractivity contribution in [2.75, 3.05) is 38.0 Å². The summed E-state index contributed by atoms with van der Waals surface area (Å²) in [5.41, 5.74) is 6.48. The van der Waals surface area contributed by atoms with Gasteiger partial charge in [0.2, 0.25) is 11.8 Å². The summed E-state index contributed by atoms with van der Waals surface area (Å²) in [6.45, 7) is 3.95. The van der Waals surface area contributed by atoms with Crippen molar-refractivity contribution >= 4 is 46.2 Å². The molecule has 1 heterocycles. The van der Waals surface area contributed by atoms with Crippen LogP contribution in [0, 0.1) is 6.92 Å². The lowest BCUT2D eigenvalue weighted by Gasteiger charge is -2.20. The van der Waals surface area contributed by atoms with Crippen LogP contribution in [0.5, 0.6) is 0 Å². The summed E-state index contributed by atoms with van der Waals surface area (Å²) in [6, 6.07) is 20.6. The third-order valence-electron chi connectivity index (χ3n) is 7.18. The van der Waals surface area contributed by atoms with Crippen LogP contribution in [0.25, 0.3) is 11.3 Å². The van der Waals surface area contributed by atoms with Crippen LogP contribution < -0.4 is 10.2 Å². The van der Waals surface area contributed by atoms with E-state index in [4.69, 9.17) is 4.74 Å². The minimum absolute atomic E-state index is 0.0747. The predicted octanol–water partition coefficient (Wildman–Crippen LogP) is 5.11. The maximum absolute atomic E-state index is 13.2. The van der Waals surface area contributed by atoms with E-state index in [9.17, 15) is 19.2 Å². The second-order valence-electron chi connectivity index (χ2n) is 10.2. The third-order valence-corrected chi connectivity index (χ3v) is 7.18. The van der Waals surface area contributed by atoms with E-state index in [1.807, 2.05) is 55.5 Å². The summed E-state index contributed by atoms with van der Waals surface area (Å²) in [6.07, 6.45) is 1.03. The van der Waals surface area contributed by atoms with Gasteiger partial charge in [-0.15, -0.1) is 0 Å². The number of anilines is 2. The zero-order valence-electron chi connectivity index (χ0n) is 24.1. The maximum atomic E-state index is 13.2. The van der Waals surface area contributed by atoms with E-state index < -0.39 is 5.97 Å². The summed E-state index contributed by atoms with van der Waals surface area (Å²) >= 11 is 0. The molecule has 1 N–H and O–H groups in total. The number of nitrogens with zero attached hydrogens (tertiary/aromatic N) is 2. The van der Waals surface area contributed by atoms with Crippen molar-refractivity contribution in [1.29, 1.82) is 0 Å². The molecule has 0 atom stereocenters. The molecule has 41 heavy (non-hydrogen) atoms. The number of fused-ring (bicyclic) bond motifs is 1. The van der Waals surface area contributed by atoms with Crippen molar-refractivity contribution in [2.24, 2.45) is 0 Å². The number of rotatable bonds is 9. The van der Waals surface area contributed by atoms with Crippen LogP contribution in [0.2, 0.25) is 0 Å². The average molecular weight is 554 g/mol. The lowest BCUT2D eigenvalue weighted by atomic mass is 9.92. The first-order valence-corrected chi connectivity index (χ1v) is 13.5. The molecular weight excluding hydrogens is 518 g/mol. The number of aryl methyl sites for hydroxylation is 1. The zero-order chi connectivity index (χ0) is 29.7. The number of ketones is 1. The second kappa shape index (κ2) is 12.6. The number of allylic oxidation sites excluding steroid dienone is 1. The fourth-order valence-electron chi connectivity index (χ4n) is 5.03. The molecule has 0 spiro atoms. The monoisotopic (exact) mass is 553 g/mol. The number of hydrogen-bond donors (Lipinski definition) is 1. The van der Waals surface area contributed by atoms with Gasteiger partial charge < -0.3 is 19.9 Å². The molecule has 0 saturated heterocycles. The van der Waals surface area contributed by atoms with Crippen LogP contribution in [0.1, 0.15) is 52.4 Å². The van der Waals surface area contributed by atoms with Crippen molar-refractivity contribution in [3.05, 3.63) is 94.5 Å². The highest BCUT2D eigenvalue weighted by Crippen LogP contribution is 2.35. The van der Waals surface area contributed by atoms with E-state index in [1.54, 1.807) is 37.2 Å². The zero-order valence-corrected chi connectivity index (χ0v) is 24.1. The predicted molar refractivity (Wildman–Crippen MR) is 161 cm³/mol. The minimum Gasteiger partial charge on any atom is -0.465 e. The summed E-state index contributed by atoms with van der Waals surface area (Å²) in [4.78, 5) is 53.3. The number of esters is 1. The van der Waals surface area contributed by atoms with Gasteiger partial charge in [0.15, 0.2) is 5.78 Å². The first-order chi connectivity index (χ1) is 19.6. The van der Waals surface area contributed by atoms with Gasteiger partial charge in [-0.3, -0.25) is 14.4 Å². The number of amides is 2. The van der Waals surface area contributed by atoms with Crippen molar-refractivity contribution in [3.63, 3.8) is 0 Å². The Balaban J connectivity index is 1.70. The Morgan fingerprint density at radius 3 is 2.29 bits per heavy atom. The molecule has 8 nitrogen and oxygen atoms in total. The number of hydrogen-bond acceptors (Lipinski definition) is 6. The van der Waals surface area contributed by atoms with Crippen molar-refractivity contribution in [3.8, 4) is 0 Å². The van der Waals surface area contributed by atoms with Gasteiger partial charge in [0.1, 0.15) is 0 Å². The van der Waals surface area contributed by atoms with Gasteiger partial charge in [-0.2, -0.15) is 0 Å². The van der Waals surface area contributed by atoms with E-state index in [0.717, 1.165) is 28.1 Å². The molecule has 1 aliphatic rings. The summed E-state index contributed by atoms with van der Waals surface area (Å²) < 4.78 is 4.86.